The summed E-state index contributed by atoms with van der Waals surface area (Å²) in [5, 5.41) is 2.81. The molecule has 0 saturated carbocycles. The molecule has 1 amide bonds. The highest BCUT2D eigenvalue weighted by molar-refractivity contribution is 5.77. The quantitative estimate of drug-likeness (QED) is 0.917. The van der Waals surface area contributed by atoms with E-state index >= 15 is 0 Å². The molecule has 0 radical (unpaired) electrons. The molecule has 2 heterocycles. The molecule has 0 saturated heterocycles. The zero-order chi connectivity index (χ0) is 15.2. The van der Waals surface area contributed by atoms with E-state index in [0.717, 1.165) is 42.0 Å². The van der Waals surface area contributed by atoms with E-state index in [-0.39, 0.29) is 12.5 Å². The predicted octanol–water partition coefficient (Wildman–Crippen LogP) is 2.05. The van der Waals surface area contributed by atoms with Gasteiger partial charge in [-0.15, -0.1) is 0 Å². The van der Waals surface area contributed by atoms with Crippen molar-refractivity contribution in [3.05, 3.63) is 53.6 Å². The van der Waals surface area contributed by atoms with Crippen LogP contribution in [0.3, 0.4) is 0 Å². The number of aromatic nitrogens is 2. The fourth-order valence-corrected chi connectivity index (χ4v) is 2.61. The van der Waals surface area contributed by atoms with Gasteiger partial charge in [-0.1, -0.05) is 6.07 Å². The SMILES string of the molecule is O=C(COc1ccnc2c1CCCC2)NCc1ccccn1. The molecule has 2 aromatic rings. The first-order valence-electron chi connectivity index (χ1n) is 7.59. The summed E-state index contributed by atoms with van der Waals surface area (Å²) in [6.07, 6.45) is 7.77. The first-order chi connectivity index (χ1) is 10.8. The smallest absolute Gasteiger partial charge is 0.258 e. The van der Waals surface area contributed by atoms with Gasteiger partial charge in [0.05, 0.1) is 12.2 Å². The van der Waals surface area contributed by atoms with E-state index in [4.69, 9.17) is 4.74 Å². The van der Waals surface area contributed by atoms with Crippen LogP contribution in [0, 0.1) is 0 Å². The molecule has 0 atom stereocenters. The number of pyridine rings is 2. The Labute approximate surface area is 129 Å². The van der Waals surface area contributed by atoms with Gasteiger partial charge in [0.25, 0.3) is 5.91 Å². The van der Waals surface area contributed by atoms with Crippen LogP contribution < -0.4 is 10.1 Å². The van der Waals surface area contributed by atoms with Crippen molar-refractivity contribution >= 4 is 5.91 Å². The summed E-state index contributed by atoms with van der Waals surface area (Å²) in [5.74, 6) is 0.643. The molecule has 0 unspecified atom stereocenters. The molecular formula is C17H19N3O2. The summed E-state index contributed by atoms with van der Waals surface area (Å²) in [6.45, 7) is 0.431. The highest BCUT2D eigenvalue weighted by Crippen LogP contribution is 2.27. The molecule has 5 heteroatoms. The lowest BCUT2D eigenvalue weighted by molar-refractivity contribution is -0.123. The van der Waals surface area contributed by atoms with Gasteiger partial charge >= 0.3 is 0 Å². The fraction of sp³-hybridized carbons (Fsp3) is 0.353. The van der Waals surface area contributed by atoms with Gasteiger partial charge in [0, 0.05) is 23.7 Å². The number of aryl methyl sites for hydroxylation is 1. The second kappa shape index (κ2) is 7.02. The summed E-state index contributed by atoms with van der Waals surface area (Å²) >= 11 is 0. The zero-order valence-corrected chi connectivity index (χ0v) is 12.4. The van der Waals surface area contributed by atoms with Crippen LogP contribution in [-0.2, 0) is 24.2 Å². The number of fused-ring (bicyclic) bond motifs is 1. The van der Waals surface area contributed by atoms with E-state index in [2.05, 4.69) is 15.3 Å². The number of nitrogens with zero attached hydrogens (tertiary/aromatic N) is 2. The summed E-state index contributed by atoms with van der Waals surface area (Å²) in [4.78, 5) is 20.4. The van der Waals surface area contributed by atoms with Gasteiger partial charge in [-0.2, -0.15) is 0 Å². The summed E-state index contributed by atoms with van der Waals surface area (Å²) in [6, 6.07) is 7.46. The second-order valence-corrected chi connectivity index (χ2v) is 5.33. The maximum absolute atomic E-state index is 11.9. The number of nitrogens with one attached hydrogen (secondary N) is 1. The van der Waals surface area contributed by atoms with Gasteiger partial charge in [-0.05, 0) is 43.9 Å². The molecule has 114 valence electrons. The molecule has 0 aromatic carbocycles. The van der Waals surface area contributed by atoms with E-state index in [1.165, 1.54) is 6.42 Å². The Balaban J connectivity index is 1.53. The molecule has 22 heavy (non-hydrogen) atoms. The van der Waals surface area contributed by atoms with E-state index in [1.54, 1.807) is 12.4 Å². The molecule has 3 rings (SSSR count). The highest BCUT2D eigenvalue weighted by Gasteiger charge is 2.15. The summed E-state index contributed by atoms with van der Waals surface area (Å²) in [5.41, 5.74) is 3.10. The van der Waals surface area contributed by atoms with Crippen molar-refractivity contribution in [3.8, 4) is 5.75 Å². The number of carbonyl (C=O) groups is 1. The van der Waals surface area contributed by atoms with Gasteiger partial charge in [-0.3, -0.25) is 14.8 Å². The van der Waals surface area contributed by atoms with Crippen LogP contribution in [0.5, 0.6) is 5.75 Å². The molecule has 0 fully saturated rings. The third kappa shape index (κ3) is 3.61. The topological polar surface area (TPSA) is 64.1 Å². The van der Waals surface area contributed by atoms with E-state index in [0.29, 0.717) is 6.54 Å². The Morgan fingerprint density at radius 3 is 2.91 bits per heavy atom. The van der Waals surface area contributed by atoms with Crippen molar-refractivity contribution in [2.75, 3.05) is 6.61 Å². The minimum Gasteiger partial charge on any atom is -0.483 e. The van der Waals surface area contributed by atoms with Crippen molar-refractivity contribution in [2.24, 2.45) is 0 Å². The Kier molecular flexibility index (Phi) is 4.63. The number of carbonyl (C=O) groups excluding carboxylic acids is 1. The first kappa shape index (κ1) is 14.5. The molecule has 0 spiro atoms. The zero-order valence-electron chi connectivity index (χ0n) is 12.4. The van der Waals surface area contributed by atoms with Crippen LogP contribution in [-0.4, -0.2) is 22.5 Å². The van der Waals surface area contributed by atoms with Crippen molar-refractivity contribution in [1.29, 1.82) is 0 Å². The predicted molar refractivity (Wildman–Crippen MR) is 82.5 cm³/mol. The lowest BCUT2D eigenvalue weighted by Crippen LogP contribution is -2.29. The standard InChI is InChI=1S/C17H19N3O2/c21-17(20-11-13-5-3-4-9-18-13)12-22-16-8-10-19-15-7-2-1-6-14(15)16/h3-5,8-10H,1-2,6-7,11-12H2,(H,20,21). The van der Waals surface area contributed by atoms with Crippen LogP contribution in [0.4, 0.5) is 0 Å². The van der Waals surface area contributed by atoms with Crippen LogP contribution in [0.2, 0.25) is 0 Å². The molecule has 0 aliphatic heterocycles. The third-order valence-corrected chi connectivity index (χ3v) is 3.74. The molecule has 5 nitrogen and oxygen atoms in total. The number of amides is 1. The monoisotopic (exact) mass is 297 g/mol. The van der Waals surface area contributed by atoms with Crippen molar-refractivity contribution in [3.63, 3.8) is 0 Å². The fourth-order valence-electron chi connectivity index (χ4n) is 2.61. The summed E-state index contributed by atoms with van der Waals surface area (Å²) < 4.78 is 5.68. The number of rotatable bonds is 5. The first-order valence-corrected chi connectivity index (χ1v) is 7.59. The van der Waals surface area contributed by atoms with Crippen LogP contribution >= 0.6 is 0 Å². The normalized spacial score (nSPS) is 13.3. The lowest BCUT2D eigenvalue weighted by atomic mass is 9.95. The molecule has 2 aromatic heterocycles. The average Bonchev–Trinajstić information content (AvgIpc) is 2.59. The van der Waals surface area contributed by atoms with Crippen LogP contribution in [0.25, 0.3) is 0 Å². The van der Waals surface area contributed by atoms with Crippen molar-refractivity contribution < 1.29 is 9.53 Å². The molecule has 0 bridgehead atoms. The minimum absolute atomic E-state index is 0.0171. The number of hydrogen-bond acceptors (Lipinski definition) is 4. The van der Waals surface area contributed by atoms with Gasteiger partial charge < -0.3 is 10.1 Å². The minimum atomic E-state index is -0.146. The lowest BCUT2D eigenvalue weighted by Gasteiger charge is -2.18. The third-order valence-electron chi connectivity index (χ3n) is 3.74. The average molecular weight is 297 g/mol. The Bertz CT molecular complexity index is 644. The summed E-state index contributed by atoms with van der Waals surface area (Å²) in [7, 11) is 0. The van der Waals surface area contributed by atoms with Gasteiger partial charge in [-0.25, -0.2) is 0 Å². The second-order valence-electron chi connectivity index (χ2n) is 5.33. The number of ether oxygens (including phenoxy) is 1. The van der Waals surface area contributed by atoms with Gasteiger partial charge in [0.1, 0.15) is 5.75 Å². The van der Waals surface area contributed by atoms with Gasteiger partial charge in [0.15, 0.2) is 6.61 Å². The Hall–Kier alpha value is -2.43. The maximum Gasteiger partial charge on any atom is 0.258 e. The van der Waals surface area contributed by atoms with Crippen LogP contribution in [0.15, 0.2) is 36.7 Å². The Morgan fingerprint density at radius 1 is 1.14 bits per heavy atom. The van der Waals surface area contributed by atoms with Crippen molar-refractivity contribution in [2.45, 2.75) is 32.2 Å². The molecular weight excluding hydrogens is 278 g/mol. The Morgan fingerprint density at radius 2 is 2.05 bits per heavy atom. The largest absolute Gasteiger partial charge is 0.483 e. The van der Waals surface area contributed by atoms with Crippen molar-refractivity contribution in [1.82, 2.24) is 15.3 Å². The van der Waals surface area contributed by atoms with E-state index in [1.807, 2.05) is 24.3 Å². The van der Waals surface area contributed by atoms with Crippen LogP contribution in [0.1, 0.15) is 29.8 Å². The number of hydrogen-bond donors (Lipinski definition) is 1. The highest BCUT2D eigenvalue weighted by atomic mass is 16.5. The maximum atomic E-state index is 11.9. The molecule has 1 aliphatic rings. The van der Waals surface area contributed by atoms with E-state index in [9.17, 15) is 4.79 Å². The molecule has 1 aliphatic carbocycles. The molecule has 1 N–H and O–H groups in total. The van der Waals surface area contributed by atoms with Gasteiger partial charge in [0.2, 0.25) is 0 Å². The van der Waals surface area contributed by atoms with E-state index < -0.39 is 0 Å².